The van der Waals surface area contributed by atoms with Gasteiger partial charge in [0.1, 0.15) is 0 Å². The van der Waals surface area contributed by atoms with Crippen molar-refractivity contribution >= 4 is 32.4 Å². The topological polar surface area (TPSA) is 51.0 Å². The molecular formula is C9H10BrN3OS. The van der Waals surface area contributed by atoms with Crippen LogP contribution in [0.4, 0.5) is 5.13 Å². The van der Waals surface area contributed by atoms with E-state index in [-0.39, 0.29) is 0 Å². The van der Waals surface area contributed by atoms with Crippen molar-refractivity contribution in [2.24, 2.45) is 0 Å². The number of halogens is 1. The number of hydrogen-bond acceptors (Lipinski definition) is 5. The minimum atomic E-state index is 0.356. The van der Waals surface area contributed by atoms with Crippen LogP contribution in [-0.4, -0.2) is 16.2 Å². The second-order valence-electron chi connectivity index (χ2n) is 3.32. The summed E-state index contributed by atoms with van der Waals surface area (Å²) in [5.41, 5.74) is 0. The molecule has 4 nitrogen and oxygen atoms in total. The molecule has 2 heterocycles. The second kappa shape index (κ2) is 4.32. The lowest BCUT2D eigenvalue weighted by Gasteiger charge is -2.02. The van der Waals surface area contributed by atoms with Crippen LogP contribution < -0.4 is 5.32 Å². The molecule has 0 bridgehead atoms. The zero-order valence-corrected chi connectivity index (χ0v) is 10.7. The molecule has 1 N–H and O–H groups in total. The molecule has 80 valence electrons. The van der Waals surface area contributed by atoms with Gasteiger partial charge in [0, 0.05) is 6.04 Å². The first-order valence-corrected chi connectivity index (χ1v) is 6.12. The van der Waals surface area contributed by atoms with Crippen molar-refractivity contribution in [3.63, 3.8) is 0 Å². The van der Waals surface area contributed by atoms with Gasteiger partial charge in [0.25, 0.3) is 0 Å². The SMILES string of the molecule is CC(C)Nc1nnc(-c2ccc(Br)o2)s1. The fraction of sp³-hybridized carbons (Fsp3) is 0.333. The van der Waals surface area contributed by atoms with E-state index in [1.54, 1.807) is 0 Å². The number of furan rings is 1. The van der Waals surface area contributed by atoms with Crippen LogP contribution in [0.1, 0.15) is 13.8 Å². The van der Waals surface area contributed by atoms with Crippen molar-refractivity contribution in [2.75, 3.05) is 5.32 Å². The minimum absolute atomic E-state index is 0.356. The molecule has 0 aliphatic rings. The van der Waals surface area contributed by atoms with Crippen LogP contribution in [0.15, 0.2) is 21.2 Å². The summed E-state index contributed by atoms with van der Waals surface area (Å²) >= 11 is 4.73. The number of nitrogens with one attached hydrogen (secondary N) is 1. The average Bonchev–Trinajstić information content (AvgIpc) is 2.72. The number of rotatable bonds is 3. The first kappa shape index (κ1) is 10.6. The molecule has 6 heteroatoms. The van der Waals surface area contributed by atoms with E-state index < -0.39 is 0 Å². The number of aromatic nitrogens is 2. The highest BCUT2D eigenvalue weighted by Gasteiger charge is 2.10. The van der Waals surface area contributed by atoms with Crippen LogP contribution in [0.3, 0.4) is 0 Å². The van der Waals surface area contributed by atoms with Gasteiger partial charge in [-0.15, -0.1) is 10.2 Å². The molecule has 2 rings (SSSR count). The number of nitrogens with zero attached hydrogens (tertiary/aromatic N) is 2. The molecule has 0 amide bonds. The summed E-state index contributed by atoms with van der Waals surface area (Å²) < 4.78 is 6.08. The predicted molar refractivity (Wildman–Crippen MR) is 64.1 cm³/mol. The van der Waals surface area contributed by atoms with Crippen molar-refractivity contribution in [2.45, 2.75) is 19.9 Å². The molecule has 0 spiro atoms. The molecule has 0 fully saturated rings. The Hall–Kier alpha value is -0.880. The molecule has 0 saturated heterocycles. The lowest BCUT2D eigenvalue weighted by atomic mass is 10.4. The Labute approximate surface area is 99.8 Å². The molecule has 0 aromatic carbocycles. The van der Waals surface area contributed by atoms with Crippen LogP contribution in [0.5, 0.6) is 0 Å². The van der Waals surface area contributed by atoms with Gasteiger partial charge < -0.3 is 9.73 Å². The highest BCUT2D eigenvalue weighted by Crippen LogP contribution is 2.29. The van der Waals surface area contributed by atoms with Gasteiger partial charge in [0.2, 0.25) is 5.13 Å². The molecule has 0 aliphatic carbocycles. The van der Waals surface area contributed by atoms with E-state index in [1.807, 2.05) is 12.1 Å². The first-order valence-electron chi connectivity index (χ1n) is 4.51. The maximum absolute atomic E-state index is 5.38. The minimum Gasteiger partial charge on any atom is -0.447 e. The van der Waals surface area contributed by atoms with Crippen LogP contribution in [0.2, 0.25) is 0 Å². The fourth-order valence-corrected chi connectivity index (χ4v) is 2.22. The number of hydrogen-bond donors (Lipinski definition) is 1. The van der Waals surface area contributed by atoms with E-state index >= 15 is 0 Å². The molecule has 0 unspecified atom stereocenters. The molecule has 15 heavy (non-hydrogen) atoms. The van der Waals surface area contributed by atoms with Gasteiger partial charge in [0.15, 0.2) is 15.4 Å². The van der Waals surface area contributed by atoms with Gasteiger partial charge in [-0.25, -0.2) is 0 Å². The lowest BCUT2D eigenvalue weighted by molar-refractivity contribution is 0.555. The summed E-state index contributed by atoms with van der Waals surface area (Å²) in [7, 11) is 0. The van der Waals surface area contributed by atoms with Crippen molar-refractivity contribution in [1.29, 1.82) is 0 Å². The first-order chi connectivity index (χ1) is 7.15. The Morgan fingerprint density at radius 2 is 2.20 bits per heavy atom. The van der Waals surface area contributed by atoms with E-state index in [0.717, 1.165) is 15.9 Å². The summed E-state index contributed by atoms with van der Waals surface area (Å²) in [6.07, 6.45) is 0. The molecule has 0 saturated carbocycles. The number of anilines is 1. The molecular weight excluding hydrogens is 278 g/mol. The summed E-state index contributed by atoms with van der Waals surface area (Å²) in [5, 5.41) is 12.9. The summed E-state index contributed by atoms with van der Waals surface area (Å²) in [6, 6.07) is 4.06. The van der Waals surface area contributed by atoms with Crippen LogP contribution in [-0.2, 0) is 0 Å². The van der Waals surface area contributed by atoms with Gasteiger partial charge in [-0.3, -0.25) is 0 Å². The maximum Gasteiger partial charge on any atom is 0.206 e. The Kier molecular flexibility index (Phi) is 3.06. The largest absolute Gasteiger partial charge is 0.447 e. The average molecular weight is 288 g/mol. The zero-order valence-electron chi connectivity index (χ0n) is 8.32. The predicted octanol–water partition coefficient (Wildman–Crippen LogP) is 3.38. The van der Waals surface area contributed by atoms with Gasteiger partial charge in [-0.05, 0) is 41.9 Å². The standard InChI is InChI=1S/C9H10BrN3OS/c1-5(2)11-9-13-12-8(15-9)6-3-4-7(10)14-6/h3-5H,1-2H3,(H,11,13). The van der Waals surface area contributed by atoms with Gasteiger partial charge in [0.05, 0.1) is 0 Å². The van der Waals surface area contributed by atoms with E-state index in [2.05, 4.69) is 45.3 Å². The smallest absolute Gasteiger partial charge is 0.206 e. The highest BCUT2D eigenvalue weighted by atomic mass is 79.9. The quantitative estimate of drug-likeness (QED) is 0.940. The monoisotopic (exact) mass is 287 g/mol. The summed E-state index contributed by atoms with van der Waals surface area (Å²) in [4.78, 5) is 0. The van der Waals surface area contributed by atoms with E-state index in [9.17, 15) is 0 Å². The maximum atomic E-state index is 5.38. The molecule has 0 aliphatic heterocycles. The normalized spacial score (nSPS) is 10.9. The van der Waals surface area contributed by atoms with E-state index in [1.165, 1.54) is 11.3 Å². The molecule has 2 aromatic heterocycles. The second-order valence-corrected chi connectivity index (χ2v) is 5.07. The fourth-order valence-electron chi connectivity index (χ4n) is 1.06. The summed E-state index contributed by atoms with van der Waals surface area (Å²) in [6.45, 7) is 4.12. The van der Waals surface area contributed by atoms with Crippen LogP contribution >= 0.6 is 27.3 Å². The van der Waals surface area contributed by atoms with Crippen LogP contribution in [0, 0.1) is 0 Å². The van der Waals surface area contributed by atoms with E-state index in [4.69, 9.17) is 4.42 Å². The van der Waals surface area contributed by atoms with Crippen molar-refractivity contribution in [3.8, 4) is 10.8 Å². The Bertz CT molecular complexity index is 452. The zero-order chi connectivity index (χ0) is 10.8. The highest BCUT2D eigenvalue weighted by molar-refractivity contribution is 9.10. The summed E-state index contributed by atoms with van der Waals surface area (Å²) in [5.74, 6) is 0.733. The lowest BCUT2D eigenvalue weighted by Crippen LogP contribution is -2.08. The third-order valence-corrected chi connectivity index (χ3v) is 2.92. The van der Waals surface area contributed by atoms with Crippen molar-refractivity contribution in [1.82, 2.24) is 10.2 Å². The van der Waals surface area contributed by atoms with Gasteiger partial charge in [-0.2, -0.15) is 0 Å². The Balaban J connectivity index is 2.20. The molecule has 0 atom stereocenters. The molecule has 2 aromatic rings. The third kappa shape index (κ3) is 2.57. The Morgan fingerprint density at radius 1 is 1.40 bits per heavy atom. The third-order valence-electron chi connectivity index (χ3n) is 1.62. The van der Waals surface area contributed by atoms with Gasteiger partial charge >= 0.3 is 0 Å². The van der Waals surface area contributed by atoms with E-state index in [0.29, 0.717) is 10.7 Å². The van der Waals surface area contributed by atoms with Crippen LogP contribution in [0.25, 0.3) is 10.8 Å². The van der Waals surface area contributed by atoms with Crippen molar-refractivity contribution in [3.05, 3.63) is 16.8 Å². The van der Waals surface area contributed by atoms with Crippen molar-refractivity contribution < 1.29 is 4.42 Å². The van der Waals surface area contributed by atoms with Gasteiger partial charge in [-0.1, -0.05) is 11.3 Å². The molecule has 0 radical (unpaired) electrons. The Morgan fingerprint density at radius 3 is 2.80 bits per heavy atom.